The number of nitrogens with zero attached hydrogens (tertiary/aromatic N) is 3. The van der Waals surface area contributed by atoms with Gasteiger partial charge in [-0.3, -0.25) is 14.5 Å². The highest BCUT2D eigenvalue weighted by Crippen LogP contribution is 2.41. The van der Waals surface area contributed by atoms with E-state index in [-0.39, 0.29) is 23.9 Å². The van der Waals surface area contributed by atoms with Crippen molar-refractivity contribution in [3.05, 3.63) is 65.7 Å². The predicted octanol–water partition coefficient (Wildman–Crippen LogP) is 3.81. The van der Waals surface area contributed by atoms with Gasteiger partial charge in [-0.1, -0.05) is 43.2 Å². The number of ether oxygens (including phenoxy) is 1. The Morgan fingerprint density at radius 3 is 2.32 bits per heavy atom. The van der Waals surface area contributed by atoms with Gasteiger partial charge >= 0.3 is 0 Å². The molecule has 3 aliphatic rings. The monoisotopic (exact) mass is 461 g/mol. The molecule has 0 bridgehead atoms. The van der Waals surface area contributed by atoms with Crippen LogP contribution >= 0.6 is 0 Å². The molecule has 6 heteroatoms. The lowest BCUT2D eigenvalue weighted by Crippen LogP contribution is -2.55. The minimum Gasteiger partial charge on any atom is -0.497 e. The van der Waals surface area contributed by atoms with Gasteiger partial charge in [0.05, 0.1) is 7.11 Å². The Kier molecular flexibility index (Phi) is 6.86. The molecule has 2 aromatic rings. The van der Waals surface area contributed by atoms with Crippen molar-refractivity contribution in [3.8, 4) is 5.75 Å². The largest absolute Gasteiger partial charge is 0.497 e. The summed E-state index contributed by atoms with van der Waals surface area (Å²) < 4.78 is 5.25. The Bertz CT molecular complexity index is 986. The molecular weight excluding hydrogens is 426 g/mol. The standard InChI is InChI=1S/C28H35N3O3/c1-34-24-13-11-21(12-14-24)20-29-15-17-30(18-16-29)28(33)26-19-23-9-5-6-10-25(23)31(26)27(32)22-7-3-2-4-8-22/h2-4,7-8,11-14,23,25-26H,5-6,9-10,15-20H2,1H3. The van der Waals surface area contributed by atoms with E-state index in [2.05, 4.69) is 17.0 Å². The third-order valence-corrected chi connectivity index (χ3v) is 7.88. The zero-order valence-electron chi connectivity index (χ0n) is 20.1. The molecule has 6 nitrogen and oxygen atoms in total. The fourth-order valence-electron chi connectivity index (χ4n) is 6.03. The second kappa shape index (κ2) is 10.2. The zero-order chi connectivity index (χ0) is 23.5. The number of carbonyl (C=O) groups is 2. The number of piperazine rings is 1. The van der Waals surface area contributed by atoms with Gasteiger partial charge < -0.3 is 14.5 Å². The SMILES string of the molecule is COc1ccc(CN2CCN(C(=O)C3CC4CCCCC4N3C(=O)c3ccccc3)CC2)cc1. The van der Waals surface area contributed by atoms with Gasteiger partial charge in [-0.25, -0.2) is 0 Å². The summed E-state index contributed by atoms with van der Waals surface area (Å²) in [6.07, 6.45) is 5.31. The van der Waals surface area contributed by atoms with Gasteiger partial charge in [0.2, 0.25) is 5.91 Å². The van der Waals surface area contributed by atoms with E-state index in [0.29, 0.717) is 24.6 Å². The number of hydrogen-bond acceptors (Lipinski definition) is 4. The van der Waals surface area contributed by atoms with Gasteiger partial charge in [0, 0.05) is 44.3 Å². The molecular formula is C28H35N3O3. The topological polar surface area (TPSA) is 53.1 Å². The van der Waals surface area contributed by atoms with Crippen LogP contribution in [0.5, 0.6) is 5.75 Å². The van der Waals surface area contributed by atoms with E-state index in [4.69, 9.17) is 4.74 Å². The van der Waals surface area contributed by atoms with Crippen molar-refractivity contribution in [2.24, 2.45) is 5.92 Å². The smallest absolute Gasteiger partial charge is 0.254 e. The Labute approximate surface area is 202 Å². The molecule has 34 heavy (non-hydrogen) atoms. The van der Waals surface area contributed by atoms with Gasteiger partial charge in [0.1, 0.15) is 11.8 Å². The van der Waals surface area contributed by atoms with Gasteiger partial charge in [-0.15, -0.1) is 0 Å². The minimum absolute atomic E-state index is 0.0199. The van der Waals surface area contributed by atoms with E-state index >= 15 is 0 Å². The van der Waals surface area contributed by atoms with E-state index in [1.165, 1.54) is 12.0 Å². The maximum Gasteiger partial charge on any atom is 0.254 e. The molecule has 2 aromatic carbocycles. The van der Waals surface area contributed by atoms with Crippen LogP contribution in [0.25, 0.3) is 0 Å². The fourth-order valence-corrected chi connectivity index (χ4v) is 6.03. The van der Waals surface area contributed by atoms with Crippen LogP contribution in [0, 0.1) is 5.92 Å². The molecule has 0 N–H and O–H groups in total. The molecule has 2 amide bonds. The van der Waals surface area contributed by atoms with Crippen LogP contribution in [0.15, 0.2) is 54.6 Å². The summed E-state index contributed by atoms with van der Waals surface area (Å²) in [5.74, 6) is 1.48. The molecule has 180 valence electrons. The number of carbonyl (C=O) groups excluding carboxylic acids is 2. The molecule has 1 saturated carbocycles. The summed E-state index contributed by atoms with van der Waals surface area (Å²) >= 11 is 0. The van der Waals surface area contributed by atoms with Crippen molar-refractivity contribution in [1.82, 2.24) is 14.7 Å². The molecule has 2 heterocycles. The van der Waals surface area contributed by atoms with Crippen LogP contribution in [-0.2, 0) is 11.3 Å². The molecule has 3 unspecified atom stereocenters. The lowest BCUT2D eigenvalue weighted by Gasteiger charge is -2.38. The summed E-state index contributed by atoms with van der Waals surface area (Å²) in [7, 11) is 1.68. The van der Waals surface area contributed by atoms with Crippen LogP contribution in [0.3, 0.4) is 0 Å². The van der Waals surface area contributed by atoms with Crippen molar-refractivity contribution in [3.63, 3.8) is 0 Å². The van der Waals surface area contributed by atoms with Crippen LogP contribution in [0.4, 0.5) is 0 Å². The minimum atomic E-state index is -0.325. The van der Waals surface area contributed by atoms with Gasteiger partial charge in [0.15, 0.2) is 0 Å². The zero-order valence-corrected chi connectivity index (χ0v) is 20.1. The predicted molar refractivity (Wildman–Crippen MR) is 132 cm³/mol. The summed E-state index contributed by atoms with van der Waals surface area (Å²) in [5.41, 5.74) is 1.94. The second-order valence-corrected chi connectivity index (χ2v) is 9.89. The highest BCUT2D eigenvalue weighted by atomic mass is 16.5. The molecule has 2 saturated heterocycles. The Balaban J connectivity index is 1.25. The van der Waals surface area contributed by atoms with Gasteiger partial charge in [0.25, 0.3) is 5.91 Å². The molecule has 2 aliphatic heterocycles. The van der Waals surface area contributed by atoms with Crippen molar-refractivity contribution >= 4 is 11.8 Å². The van der Waals surface area contributed by atoms with Crippen LogP contribution < -0.4 is 4.74 Å². The number of rotatable bonds is 5. The Morgan fingerprint density at radius 1 is 0.912 bits per heavy atom. The molecule has 0 radical (unpaired) electrons. The van der Waals surface area contributed by atoms with Crippen molar-refractivity contribution in [2.45, 2.75) is 50.7 Å². The fraction of sp³-hybridized carbons (Fsp3) is 0.500. The molecule has 0 aromatic heterocycles. The number of fused-ring (bicyclic) bond motifs is 1. The third kappa shape index (κ3) is 4.69. The molecule has 5 rings (SSSR count). The van der Waals surface area contributed by atoms with E-state index in [0.717, 1.165) is 51.1 Å². The van der Waals surface area contributed by atoms with Crippen LogP contribution in [-0.4, -0.2) is 71.9 Å². The molecule has 1 aliphatic carbocycles. The first-order chi connectivity index (χ1) is 16.6. The van der Waals surface area contributed by atoms with Crippen LogP contribution in [0.1, 0.15) is 48.0 Å². The maximum atomic E-state index is 13.7. The third-order valence-electron chi connectivity index (χ3n) is 7.88. The van der Waals surface area contributed by atoms with Gasteiger partial charge in [-0.05, 0) is 55.0 Å². The lowest BCUT2D eigenvalue weighted by molar-refractivity contribution is -0.137. The first-order valence-electron chi connectivity index (χ1n) is 12.7. The maximum absolute atomic E-state index is 13.7. The summed E-state index contributed by atoms with van der Waals surface area (Å²) in [6, 6.07) is 17.5. The first kappa shape index (κ1) is 22.9. The van der Waals surface area contributed by atoms with Gasteiger partial charge in [-0.2, -0.15) is 0 Å². The molecule has 3 fully saturated rings. The number of benzene rings is 2. The van der Waals surface area contributed by atoms with Crippen molar-refractivity contribution in [1.29, 1.82) is 0 Å². The number of likely N-dealkylation sites (tertiary alicyclic amines) is 1. The van der Waals surface area contributed by atoms with E-state index < -0.39 is 0 Å². The van der Waals surface area contributed by atoms with Crippen molar-refractivity contribution < 1.29 is 14.3 Å². The normalized spacial score (nSPS) is 25.1. The highest BCUT2D eigenvalue weighted by molar-refractivity contribution is 5.98. The Hall–Kier alpha value is -2.86. The summed E-state index contributed by atoms with van der Waals surface area (Å²) in [4.78, 5) is 33.6. The van der Waals surface area contributed by atoms with E-state index in [9.17, 15) is 9.59 Å². The quantitative estimate of drug-likeness (QED) is 0.680. The van der Waals surface area contributed by atoms with Crippen molar-refractivity contribution in [2.75, 3.05) is 33.3 Å². The Morgan fingerprint density at radius 2 is 1.62 bits per heavy atom. The second-order valence-electron chi connectivity index (χ2n) is 9.89. The number of hydrogen-bond donors (Lipinski definition) is 0. The van der Waals surface area contributed by atoms with E-state index in [1.807, 2.05) is 52.3 Å². The average molecular weight is 462 g/mol. The highest BCUT2D eigenvalue weighted by Gasteiger charge is 2.48. The summed E-state index contributed by atoms with van der Waals surface area (Å²) in [6.45, 7) is 4.01. The molecule has 3 atom stereocenters. The lowest BCUT2D eigenvalue weighted by atomic mass is 9.84. The number of methoxy groups -OCH3 is 1. The van der Waals surface area contributed by atoms with E-state index in [1.54, 1.807) is 7.11 Å². The van der Waals surface area contributed by atoms with Crippen LogP contribution in [0.2, 0.25) is 0 Å². The summed E-state index contributed by atoms with van der Waals surface area (Å²) in [5, 5.41) is 0. The first-order valence-corrected chi connectivity index (χ1v) is 12.7. The molecule has 0 spiro atoms. The average Bonchev–Trinajstić information content (AvgIpc) is 3.29. The number of amides is 2.